The third-order valence-corrected chi connectivity index (χ3v) is 4.12. The second kappa shape index (κ2) is 7.04. The molecule has 0 aromatic heterocycles. The van der Waals surface area contributed by atoms with Crippen molar-refractivity contribution in [3.05, 3.63) is 0 Å². The normalized spacial score (nSPS) is 53.5. The number of aliphatic hydroxyl groups is 5. The lowest BCUT2D eigenvalue weighted by Crippen LogP contribution is -2.63. The molecule has 2 heterocycles. The molecule has 0 unspecified atom stereocenters. The molecule has 2 saturated heterocycles. The molecule has 0 radical (unpaired) electrons. The summed E-state index contributed by atoms with van der Waals surface area (Å²) in [6.07, 6.45) is -11.6. The Morgan fingerprint density at radius 3 is 1.73 bits per heavy atom. The van der Waals surface area contributed by atoms with Crippen LogP contribution in [-0.4, -0.2) is 94.1 Å². The highest BCUT2D eigenvalue weighted by molar-refractivity contribution is 4.92. The van der Waals surface area contributed by atoms with Crippen molar-refractivity contribution < 1.29 is 44.5 Å². The fourth-order valence-electron chi connectivity index (χ4n) is 2.62. The van der Waals surface area contributed by atoms with Gasteiger partial charge in [0.2, 0.25) is 0 Å². The molecule has 0 aromatic carbocycles. The van der Waals surface area contributed by atoms with Crippen molar-refractivity contribution in [2.45, 2.75) is 75.3 Å². The summed E-state index contributed by atoms with van der Waals surface area (Å²) in [6, 6.07) is 0. The Labute approximate surface area is 128 Å². The quantitative estimate of drug-likeness (QED) is 0.351. The molecule has 10 atom stereocenters. The van der Waals surface area contributed by atoms with E-state index >= 15 is 0 Å². The van der Waals surface area contributed by atoms with E-state index in [9.17, 15) is 25.5 Å². The molecule has 0 bridgehead atoms. The highest BCUT2D eigenvalue weighted by atomic mass is 16.8. The third kappa shape index (κ3) is 3.28. The van der Waals surface area contributed by atoms with Crippen LogP contribution < -0.4 is 0 Å². The topological polar surface area (TPSA) is 138 Å². The Morgan fingerprint density at radius 1 is 0.682 bits per heavy atom. The highest BCUT2D eigenvalue weighted by Crippen LogP contribution is 2.29. The first kappa shape index (κ1) is 18.0. The molecule has 9 nitrogen and oxygen atoms in total. The van der Waals surface area contributed by atoms with Gasteiger partial charge >= 0.3 is 0 Å². The van der Waals surface area contributed by atoms with Gasteiger partial charge in [0.05, 0.1) is 12.2 Å². The number of ether oxygens (including phenoxy) is 4. The van der Waals surface area contributed by atoms with Gasteiger partial charge in [0.15, 0.2) is 12.6 Å². The van der Waals surface area contributed by atoms with Crippen LogP contribution in [0.3, 0.4) is 0 Å². The number of hydrogen-bond acceptors (Lipinski definition) is 9. The van der Waals surface area contributed by atoms with E-state index in [2.05, 4.69) is 0 Å². The van der Waals surface area contributed by atoms with Crippen molar-refractivity contribution in [3.8, 4) is 0 Å². The van der Waals surface area contributed by atoms with Crippen LogP contribution in [0.15, 0.2) is 0 Å². The molecule has 9 heteroatoms. The van der Waals surface area contributed by atoms with Crippen LogP contribution in [0.5, 0.6) is 0 Å². The average molecular weight is 325 g/mol. The summed E-state index contributed by atoms with van der Waals surface area (Å²) in [5.74, 6) is 0. The van der Waals surface area contributed by atoms with Crippen molar-refractivity contribution in [1.29, 1.82) is 0 Å². The zero-order valence-electron chi connectivity index (χ0n) is 12.6. The van der Waals surface area contributed by atoms with Crippen molar-refractivity contribution in [2.75, 3.05) is 7.11 Å². The van der Waals surface area contributed by atoms with Crippen LogP contribution in [0.2, 0.25) is 0 Å². The van der Waals surface area contributed by atoms with E-state index < -0.39 is 61.4 Å². The van der Waals surface area contributed by atoms with Gasteiger partial charge in [-0.05, 0) is 13.8 Å². The molecule has 0 spiro atoms. The van der Waals surface area contributed by atoms with Crippen LogP contribution in [0, 0.1) is 0 Å². The Balaban J connectivity index is 2.10. The number of rotatable bonds is 3. The molecule has 130 valence electrons. The van der Waals surface area contributed by atoms with Crippen LogP contribution in [0.1, 0.15) is 13.8 Å². The van der Waals surface area contributed by atoms with Crippen LogP contribution in [0.25, 0.3) is 0 Å². The maximum atomic E-state index is 10.1. The SMILES string of the molecule is CO[C@@H]1O[C@@H](C)[C@H](O)[C@@H](O)[C@H]1O[13C@@H]1O[C@@H](C)[C@H](O)[C@@H](O)[C@H]1O. The molecule has 2 aliphatic rings. The van der Waals surface area contributed by atoms with Gasteiger partial charge in [0, 0.05) is 7.11 Å². The lowest BCUT2D eigenvalue weighted by molar-refractivity contribution is -0.359. The van der Waals surface area contributed by atoms with E-state index in [1.54, 1.807) is 6.92 Å². The minimum absolute atomic E-state index is 0.664. The number of aliphatic hydroxyl groups excluding tert-OH is 5. The first-order valence-electron chi connectivity index (χ1n) is 7.17. The van der Waals surface area contributed by atoms with E-state index in [1.807, 2.05) is 0 Å². The first-order valence-corrected chi connectivity index (χ1v) is 7.17. The summed E-state index contributed by atoms with van der Waals surface area (Å²) < 4.78 is 21.2. The zero-order valence-corrected chi connectivity index (χ0v) is 12.6. The summed E-state index contributed by atoms with van der Waals surface area (Å²) in [6.45, 7) is 3.08. The maximum absolute atomic E-state index is 10.1. The van der Waals surface area contributed by atoms with E-state index in [0.717, 1.165) is 0 Å². The predicted molar refractivity (Wildman–Crippen MR) is 70.6 cm³/mol. The molecule has 22 heavy (non-hydrogen) atoms. The molecular formula is C13H24O9. The Hall–Kier alpha value is -0.360. The van der Waals surface area contributed by atoms with Crippen molar-refractivity contribution in [3.63, 3.8) is 0 Å². The smallest absolute Gasteiger partial charge is 0.187 e. The van der Waals surface area contributed by atoms with Crippen molar-refractivity contribution >= 4 is 0 Å². The molecule has 2 rings (SSSR count). The minimum Gasteiger partial charge on any atom is -0.388 e. The first-order chi connectivity index (χ1) is 10.3. The number of hydrogen-bond donors (Lipinski definition) is 5. The molecule has 0 aliphatic carbocycles. The summed E-state index contributed by atoms with van der Waals surface area (Å²) in [7, 11) is 1.34. The van der Waals surface area contributed by atoms with E-state index in [0.29, 0.717) is 0 Å². The zero-order chi connectivity index (χ0) is 16.6. The van der Waals surface area contributed by atoms with Crippen LogP contribution in [0.4, 0.5) is 0 Å². The largest absolute Gasteiger partial charge is 0.388 e. The minimum atomic E-state index is -1.52. The summed E-state index contributed by atoms with van der Waals surface area (Å²) in [5, 5.41) is 49.3. The van der Waals surface area contributed by atoms with Crippen LogP contribution in [-0.2, 0) is 18.9 Å². The van der Waals surface area contributed by atoms with Crippen molar-refractivity contribution in [2.24, 2.45) is 0 Å². The average Bonchev–Trinajstić information content (AvgIpc) is 2.50. The Bertz CT molecular complexity index is 365. The summed E-state index contributed by atoms with van der Waals surface area (Å²) >= 11 is 0. The Morgan fingerprint density at radius 2 is 1.18 bits per heavy atom. The van der Waals surface area contributed by atoms with Gasteiger partial charge in [0.1, 0.15) is 36.6 Å². The van der Waals surface area contributed by atoms with Crippen LogP contribution >= 0.6 is 0 Å². The standard InChI is InChI=1S/C13H24O9/c1-4-6(14)8(16)10(18)12(20-4)22-11-9(17)7(15)5(2)21-13(11)19-3/h4-18H,1-3H3/t4-,5-,6-,7-,8+,9+,10+,11+,12-,13+/m0/s1/i12+1. The lowest BCUT2D eigenvalue weighted by Gasteiger charge is -2.45. The fraction of sp³-hybridized carbons (Fsp3) is 1.00. The third-order valence-electron chi connectivity index (χ3n) is 4.12. The van der Waals surface area contributed by atoms with Gasteiger partial charge in [-0.2, -0.15) is 0 Å². The molecule has 0 amide bonds. The van der Waals surface area contributed by atoms with Gasteiger partial charge in [-0.3, -0.25) is 0 Å². The van der Waals surface area contributed by atoms with E-state index in [-0.39, 0.29) is 0 Å². The molecule has 0 saturated carbocycles. The van der Waals surface area contributed by atoms with Gasteiger partial charge in [-0.15, -0.1) is 0 Å². The molecule has 2 fully saturated rings. The van der Waals surface area contributed by atoms with Gasteiger partial charge in [-0.1, -0.05) is 0 Å². The Kier molecular flexibility index (Phi) is 5.75. The molecule has 5 N–H and O–H groups in total. The van der Waals surface area contributed by atoms with Gasteiger partial charge < -0.3 is 44.5 Å². The number of methoxy groups -OCH3 is 1. The van der Waals surface area contributed by atoms with E-state index in [4.69, 9.17) is 18.9 Å². The monoisotopic (exact) mass is 325 g/mol. The summed E-state index contributed by atoms with van der Waals surface area (Å²) in [4.78, 5) is 0. The lowest BCUT2D eigenvalue weighted by atomic mass is 10.00. The maximum Gasteiger partial charge on any atom is 0.187 e. The van der Waals surface area contributed by atoms with Crippen molar-refractivity contribution in [1.82, 2.24) is 0 Å². The molecule has 0 aromatic rings. The molecular weight excluding hydrogens is 301 g/mol. The summed E-state index contributed by atoms with van der Waals surface area (Å²) in [5.41, 5.74) is 0. The molecule has 2 aliphatic heterocycles. The second-order valence-electron chi connectivity index (χ2n) is 5.71. The van der Waals surface area contributed by atoms with E-state index in [1.165, 1.54) is 14.0 Å². The fourth-order valence-corrected chi connectivity index (χ4v) is 2.62. The van der Waals surface area contributed by atoms with Gasteiger partial charge in [-0.25, -0.2) is 0 Å². The highest BCUT2D eigenvalue weighted by Gasteiger charge is 2.49. The van der Waals surface area contributed by atoms with Gasteiger partial charge in [0.25, 0.3) is 0 Å². The predicted octanol–water partition coefficient (Wildman–Crippen LogP) is -2.69. The second-order valence-corrected chi connectivity index (χ2v) is 5.71.